The average molecular weight is 515 g/mol. The van der Waals surface area contributed by atoms with E-state index in [0.717, 1.165) is 53.6 Å². The van der Waals surface area contributed by atoms with Gasteiger partial charge >= 0.3 is 0 Å². The molecule has 0 spiro atoms. The van der Waals surface area contributed by atoms with E-state index in [1.807, 2.05) is 29.2 Å². The molecule has 0 saturated carbocycles. The number of benzene rings is 2. The van der Waals surface area contributed by atoms with Crippen LogP contribution in [0.2, 0.25) is 10.0 Å². The van der Waals surface area contributed by atoms with Crippen LogP contribution in [-0.4, -0.2) is 47.9 Å². The molecule has 0 bridgehead atoms. The summed E-state index contributed by atoms with van der Waals surface area (Å²) < 4.78 is 0. The van der Waals surface area contributed by atoms with Crippen LogP contribution in [0.3, 0.4) is 0 Å². The van der Waals surface area contributed by atoms with Gasteiger partial charge in [-0.2, -0.15) is 0 Å². The van der Waals surface area contributed by atoms with Crippen LogP contribution in [0.15, 0.2) is 48.5 Å². The van der Waals surface area contributed by atoms with Crippen LogP contribution in [0, 0.1) is 0 Å². The number of hydrogen-bond acceptors (Lipinski definition) is 5. The molecule has 1 atom stereocenters. The van der Waals surface area contributed by atoms with E-state index in [4.69, 9.17) is 28.2 Å². The number of rotatable bonds is 4. The molecule has 1 aliphatic carbocycles. The van der Waals surface area contributed by atoms with Crippen molar-refractivity contribution in [1.29, 1.82) is 0 Å². The van der Waals surface area contributed by atoms with Gasteiger partial charge in [0, 0.05) is 52.4 Å². The van der Waals surface area contributed by atoms with E-state index < -0.39 is 0 Å². The summed E-state index contributed by atoms with van der Waals surface area (Å²) >= 11 is 13.4. The third-order valence-corrected chi connectivity index (χ3v) is 7.91. The van der Waals surface area contributed by atoms with E-state index in [-0.39, 0.29) is 17.7 Å². The summed E-state index contributed by atoms with van der Waals surface area (Å²) in [7, 11) is 0. The maximum atomic E-state index is 13.4. The average Bonchev–Trinajstić information content (AvgIpc) is 3.27. The second-order valence-electron chi connectivity index (χ2n) is 8.52. The van der Waals surface area contributed by atoms with Gasteiger partial charge in [-0.3, -0.25) is 14.9 Å². The van der Waals surface area contributed by atoms with Crippen LogP contribution in [-0.2, 0) is 11.2 Å². The Kier molecular flexibility index (Phi) is 6.77. The van der Waals surface area contributed by atoms with Crippen molar-refractivity contribution >= 4 is 57.2 Å². The van der Waals surface area contributed by atoms with Gasteiger partial charge in [0.15, 0.2) is 5.13 Å². The molecule has 176 valence electrons. The maximum absolute atomic E-state index is 13.4. The van der Waals surface area contributed by atoms with E-state index in [2.05, 4.69) is 10.2 Å². The van der Waals surface area contributed by atoms with Crippen molar-refractivity contribution in [3.05, 3.63) is 74.7 Å². The van der Waals surface area contributed by atoms with Crippen molar-refractivity contribution in [2.24, 2.45) is 0 Å². The molecule has 1 unspecified atom stereocenters. The van der Waals surface area contributed by atoms with Crippen LogP contribution < -0.4 is 10.2 Å². The van der Waals surface area contributed by atoms with Crippen molar-refractivity contribution in [3.8, 4) is 0 Å². The number of halogens is 2. The number of hydrogen-bond donors (Lipinski definition) is 1. The summed E-state index contributed by atoms with van der Waals surface area (Å²) in [6.07, 6.45) is 2.62. The second kappa shape index (κ2) is 9.94. The molecule has 2 aliphatic rings. The monoisotopic (exact) mass is 514 g/mol. The molecule has 0 radical (unpaired) electrons. The topological polar surface area (TPSA) is 65.5 Å². The lowest BCUT2D eigenvalue weighted by Gasteiger charge is -2.38. The highest BCUT2D eigenvalue weighted by Gasteiger charge is 2.34. The Labute approximate surface area is 212 Å². The van der Waals surface area contributed by atoms with E-state index >= 15 is 0 Å². The number of aromatic nitrogens is 1. The van der Waals surface area contributed by atoms with Crippen molar-refractivity contribution in [1.82, 2.24) is 9.88 Å². The van der Waals surface area contributed by atoms with Gasteiger partial charge in [0.05, 0.1) is 11.6 Å². The van der Waals surface area contributed by atoms with Gasteiger partial charge in [-0.05, 0) is 67.8 Å². The van der Waals surface area contributed by atoms with Crippen LogP contribution in [0.5, 0.6) is 0 Å². The third-order valence-electron chi connectivity index (χ3n) is 6.36. The minimum absolute atomic E-state index is 0.137. The van der Waals surface area contributed by atoms with E-state index in [1.165, 1.54) is 11.3 Å². The van der Waals surface area contributed by atoms with E-state index in [0.29, 0.717) is 28.8 Å². The molecule has 2 aromatic carbocycles. The third kappa shape index (κ3) is 4.92. The molecule has 1 N–H and O–H groups in total. The van der Waals surface area contributed by atoms with Crippen LogP contribution in [0.4, 0.5) is 10.8 Å². The number of carbonyl (C=O) groups is 2. The fraction of sp³-hybridized carbons (Fsp3) is 0.320. The standard InChI is InChI=1S/C25H24Cl2N4O2S/c26-17-6-4-16(5-7-17)23(32)29-25-28-22-20(2-1-3-21(22)34-25)24(33)31-14-12-30(13-15-31)19-10-8-18(27)9-11-19/h4-11,20H,1-3,12-15H2,(H,28,29,32). The Bertz CT molecular complexity index is 1190. The van der Waals surface area contributed by atoms with Crippen molar-refractivity contribution < 1.29 is 9.59 Å². The quantitative estimate of drug-likeness (QED) is 0.501. The van der Waals surface area contributed by atoms with Crippen LogP contribution >= 0.6 is 34.5 Å². The first-order valence-corrected chi connectivity index (χ1v) is 12.9. The predicted octanol–water partition coefficient (Wildman–Crippen LogP) is 5.47. The first kappa shape index (κ1) is 23.1. The zero-order valence-corrected chi connectivity index (χ0v) is 20.8. The molecule has 2 amide bonds. The van der Waals surface area contributed by atoms with E-state index in [1.54, 1.807) is 24.3 Å². The minimum Gasteiger partial charge on any atom is -0.368 e. The molecule has 9 heteroatoms. The molecule has 1 saturated heterocycles. The largest absolute Gasteiger partial charge is 0.368 e. The molecule has 1 fully saturated rings. The zero-order valence-electron chi connectivity index (χ0n) is 18.5. The fourth-order valence-electron chi connectivity index (χ4n) is 4.54. The number of carbonyl (C=O) groups excluding carboxylic acids is 2. The number of aryl methyl sites for hydroxylation is 1. The van der Waals surface area contributed by atoms with Gasteiger partial charge in [0.25, 0.3) is 5.91 Å². The van der Waals surface area contributed by atoms with Gasteiger partial charge in [-0.15, -0.1) is 11.3 Å². The lowest BCUT2D eigenvalue weighted by Crippen LogP contribution is -2.50. The summed E-state index contributed by atoms with van der Waals surface area (Å²) in [5.74, 6) is -0.343. The Morgan fingerprint density at radius 1 is 0.941 bits per heavy atom. The molecule has 34 heavy (non-hydrogen) atoms. The van der Waals surface area contributed by atoms with E-state index in [9.17, 15) is 9.59 Å². The number of anilines is 2. The Balaban J connectivity index is 1.25. The first-order chi connectivity index (χ1) is 16.5. The normalized spacial score (nSPS) is 17.9. The number of amides is 2. The van der Waals surface area contributed by atoms with Gasteiger partial charge in [0.1, 0.15) is 0 Å². The smallest absolute Gasteiger partial charge is 0.257 e. The lowest BCUT2D eigenvalue weighted by molar-refractivity contribution is -0.133. The number of nitrogens with zero attached hydrogens (tertiary/aromatic N) is 3. The highest BCUT2D eigenvalue weighted by molar-refractivity contribution is 7.16. The number of thiazole rings is 1. The SMILES string of the molecule is O=C(Nc1nc2c(s1)CCCC2C(=O)N1CCN(c2ccc(Cl)cc2)CC1)c1ccc(Cl)cc1. The van der Waals surface area contributed by atoms with Crippen LogP contribution in [0.25, 0.3) is 0 Å². The fourth-order valence-corrected chi connectivity index (χ4v) is 5.85. The lowest BCUT2D eigenvalue weighted by atomic mass is 9.89. The number of piperazine rings is 1. The van der Waals surface area contributed by atoms with Crippen molar-refractivity contribution in [3.63, 3.8) is 0 Å². The van der Waals surface area contributed by atoms with Gasteiger partial charge in [-0.1, -0.05) is 23.2 Å². The summed E-state index contributed by atoms with van der Waals surface area (Å²) in [5.41, 5.74) is 2.47. The molecular weight excluding hydrogens is 491 g/mol. The Morgan fingerprint density at radius 2 is 1.59 bits per heavy atom. The molecule has 1 aromatic heterocycles. The molecule has 2 heterocycles. The number of nitrogens with one attached hydrogen (secondary N) is 1. The Hall–Kier alpha value is -2.61. The maximum Gasteiger partial charge on any atom is 0.257 e. The zero-order chi connectivity index (χ0) is 23.7. The molecular formula is C25H24Cl2N4O2S. The molecule has 1 aliphatic heterocycles. The van der Waals surface area contributed by atoms with Crippen molar-refractivity contribution in [2.45, 2.75) is 25.2 Å². The highest BCUT2D eigenvalue weighted by Crippen LogP contribution is 2.38. The van der Waals surface area contributed by atoms with Gasteiger partial charge in [0.2, 0.25) is 5.91 Å². The Morgan fingerprint density at radius 3 is 2.26 bits per heavy atom. The second-order valence-corrected chi connectivity index (χ2v) is 10.5. The number of fused-ring (bicyclic) bond motifs is 1. The van der Waals surface area contributed by atoms with Crippen LogP contribution in [0.1, 0.15) is 39.7 Å². The minimum atomic E-state index is -0.247. The summed E-state index contributed by atoms with van der Waals surface area (Å²) in [5, 5.41) is 4.73. The predicted molar refractivity (Wildman–Crippen MR) is 137 cm³/mol. The molecule has 6 nitrogen and oxygen atoms in total. The highest BCUT2D eigenvalue weighted by atomic mass is 35.5. The summed E-state index contributed by atoms with van der Waals surface area (Å²) in [6, 6.07) is 14.6. The van der Waals surface area contributed by atoms with Gasteiger partial charge < -0.3 is 9.80 Å². The molecule has 3 aromatic rings. The summed E-state index contributed by atoms with van der Waals surface area (Å²) in [4.78, 5) is 36.1. The molecule has 5 rings (SSSR count). The van der Waals surface area contributed by atoms with Crippen molar-refractivity contribution in [2.75, 3.05) is 36.4 Å². The first-order valence-electron chi connectivity index (χ1n) is 11.3. The van der Waals surface area contributed by atoms with Gasteiger partial charge in [-0.25, -0.2) is 4.98 Å². The summed E-state index contributed by atoms with van der Waals surface area (Å²) in [6.45, 7) is 2.92.